The number of carbonyl (C=O) groups excluding carboxylic acids is 1. The smallest absolute Gasteiger partial charge is 0.338 e. The summed E-state index contributed by atoms with van der Waals surface area (Å²) in [6.07, 6.45) is 3.98. The lowest BCUT2D eigenvalue weighted by Gasteiger charge is -2.30. The van der Waals surface area contributed by atoms with Crippen molar-refractivity contribution in [3.05, 3.63) is 24.3 Å². The Labute approximate surface area is 127 Å². The van der Waals surface area contributed by atoms with Crippen molar-refractivity contribution in [2.75, 3.05) is 0 Å². The van der Waals surface area contributed by atoms with E-state index in [1.165, 1.54) is 11.1 Å². The molecule has 3 aliphatic rings. The molecule has 0 aromatic rings. The van der Waals surface area contributed by atoms with Crippen LogP contribution in [0.2, 0.25) is 0 Å². The average molecular weight is 290 g/mol. The van der Waals surface area contributed by atoms with Crippen LogP contribution < -0.4 is 0 Å². The van der Waals surface area contributed by atoms with Crippen LogP contribution in [0, 0.1) is 23.7 Å². The molecule has 5 unspecified atom stereocenters. The van der Waals surface area contributed by atoms with Crippen molar-refractivity contribution in [2.45, 2.75) is 57.7 Å². The molecule has 0 spiro atoms. The molecule has 0 amide bonds. The zero-order chi connectivity index (χ0) is 15.4. The van der Waals surface area contributed by atoms with E-state index < -0.39 is 11.6 Å². The van der Waals surface area contributed by atoms with Crippen LogP contribution in [0.1, 0.15) is 46.0 Å². The number of allylic oxidation sites excluding steroid dienone is 1. The minimum atomic E-state index is -1.32. The predicted molar refractivity (Wildman–Crippen MR) is 81.5 cm³/mol. The summed E-state index contributed by atoms with van der Waals surface area (Å²) in [5.41, 5.74) is 1.09. The molecule has 3 heteroatoms. The lowest BCUT2D eigenvalue weighted by atomic mass is 9.74. The van der Waals surface area contributed by atoms with Gasteiger partial charge in [-0.1, -0.05) is 38.2 Å². The number of carbonyl (C=O) groups is 1. The van der Waals surface area contributed by atoms with Crippen LogP contribution in [0.15, 0.2) is 24.3 Å². The first kappa shape index (κ1) is 14.8. The van der Waals surface area contributed by atoms with E-state index in [-0.39, 0.29) is 23.9 Å². The van der Waals surface area contributed by atoms with Gasteiger partial charge in [0.2, 0.25) is 0 Å². The second-order valence-corrected chi connectivity index (χ2v) is 7.52. The van der Waals surface area contributed by atoms with E-state index in [0.29, 0.717) is 12.3 Å². The van der Waals surface area contributed by atoms with Crippen molar-refractivity contribution in [3.63, 3.8) is 0 Å². The van der Waals surface area contributed by atoms with Crippen molar-refractivity contribution in [2.24, 2.45) is 23.7 Å². The zero-order valence-electron chi connectivity index (χ0n) is 13.1. The molecular formula is C18H26O3. The summed E-state index contributed by atoms with van der Waals surface area (Å²) < 4.78 is 5.70. The second-order valence-electron chi connectivity index (χ2n) is 7.52. The third-order valence-corrected chi connectivity index (χ3v) is 5.66. The molecule has 1 N–H and O–H groups in total. The monoisotopic (exact) mass is 290 g/mol. The van der Waals surface area contributed by atoms with Crippen LogP contribution in [-0.2, 0) is 9.53 Å². The molecular weight excluding hydrogens is 264 g/mol. The Morgan fingerprint density at radius 1 is 1.29 bits per heavy atom. The van der Waals surface area contributed by atoms with E-state index >= 15 is 0 Å². The molecule has 0 radical (unpaired) electrons. The highest BCUT2D eigenvalue weighted by Crippen LogP contribution is 2.54. The van der Waals surface area contributed by atoms with E-state index in [0.717, 1.165) is 25.7 Å². The van der Waals surface area contributed by atoms with Gasteiger partial charge in [0.25, 0.3) is 0 Å². The molecule has 3 nitrogen and oxygen atoms in total. The van der Waals surface area contributed by atoms with Crippen LogP contribution in [0.5, 0.6) is 0 Å². The molecule has 2 saturated carbocycles. The van der Waals surface area contributed by atoms with Gasteiger partial charge in [0, 0.05) is 11.8 Å². The molecule has 1 saturated heterocycles. The summed E-state index contributed by atoms with van der Waals surface area (Å²) >= 11 is 0. The van der Waals surface area contributed by atoms with Gasteiger partial charge in [-0.25, -0.2) is 4.79 Å². The topological polar surface area (TPSA) is 46.5 Å². The summed E-state index contributed by atoms with van der Waals surface area (Å²) in [5.74, 6) is 0.262. The van der Waals surface area contributed by atoms with Gasteiger partial charge in [-0.15, -0.1) is 0 Å². The van der Waals surface area contributed by atoms with Crippen molar-refractivity contribution in [3.8, 4) is 0 Å². The van der Waals surface area contributed by atoms with Gasteiger partial charge in [-0.3, -0.25) is 0 Å². The standard InChI is InChI=1S/C18H26O3/c1-10(2)9-18(20)14-8-6-11(3)13-7-5-12(4)15(13)16(14)21-17(18)19/h10,13-16,20H,3-9H2,1-2H3. The fraction of sp³-hybridized carbons (Fsp3) is 0.722. The summed E-state index contributed by atoms with van der Waals surface area (Å²) in [4.78, 5) is 12.4. The first-order valence-electron chi connectivity index (χ1n) is 8.13. The van der Waals surface area contributed by atoms with Crippen LogP contribution in [0.3, 0.4) is 0 Å². The van der Waals surface area contributed by atoms with Crippen LogP contribution in [-0.4, -0.2) is 22.8 Å². The summed E-state index contributed by atoms with van der Waals surface area (Å²) in [6, 6.07) is 0. The highest BCUT2D eigenvalue weighted by atomic mass is 16.6. The fourth-order valence-corrected chi connectivity index (χ4v) is 4.73. The number of rotatable bonds is 2. The highest BCUT2D eigenvalue weighted by Gasteiger charge is 2.60. The predicted octanol–water partition coefficient (Wildman–Crippen LogP) is 3.24. The summed E-state index contributed by atoms with van der Waals surface area (Å²) in [5, 5.41) is 11.0. The van der Waals surface area contributed by atoms with Gasteiger partial charge >= 0.3 is 5.97 Å². The molecule has 0 aromatic carbocycles. The molecule has 0 bridgehead atoms. The highest BCUT2D eigenvalue weighted by molar-refractivity contribution is 5.82. The third-order valence-electron chi connectivity index (χ3n) is 5.66. The summed E-state index contributed by atoms with van der Waals surface area (Å²) in [7, 11) is 0. The quantitative estimate of drug-likeness (QED) is 0.627. The Kier molecular flexibility index (Phi) is 3.52. The lowest BCUT2D eigenvalue weighted by Crippen LogP contribution is -2.44. The van der Waals surface area contributed by atoms with Gasteiger partial charge in [-0.2, -0.15) is 0 Å². The van der Waals surface area contributed by atoms with Crippen molar-refractivity contribution in [1.29, 1.82) is 0 Å². The van der Waals surface area contributed by atoms with E-state index in [1.54, 1.807) is 0 Å². The Hall–Kier alpha value is -1.09. The van der Waals surface area contributed by atoms with Gasteiger partial charge in [0.15, 0.2) is 5.60 Å². The molecule has 3 rings (SSSR count). The van der Waals surface area contributed by atoms with E-state index in [4.69, 9.17) is 4.74 Å². The molecule has 21 heavy (non-hydrogen) atoms. The fourth-order valence-electron chi connectivity index (χ4n) is 4.73. The molecule has 5 atom stereocenters. The first-order valence-corrected chi connectivity index (χ1v) is 8.13. The van der Waals surface area contributed by atoms with Crippen LogP contribution in [0.4, 0.5) is 0 Å². The Morgan fingerprint density at radius 2 is 1.95 bits per heavy atom. The normalized spacial score (nSPS) is 42.8. The maximum Gasteiger partial charge on any atom is 0.338 e. The van der Waals surface area contributed by atoms with E-state index in [2.05, 4.69) is 13.2 Å². The molecule has 116 valence electrons. The van der Waals surface area contributed by atoms with Gasteiger partial charge in [-0.05, 0) is 43.9 Å². The second kappa shape index (κ2) is 4.98. The molecule has 0 aromatic heterocycles. The molecule has 1 heterocycles. The average Bonchev–Trinajstić information content (AvgIpc) is 2.81. The minimum Gasteiger partial charge on any atom is -0.459 e. The van der Waals surface area contributed by atoms with Gasteiger partial charge in [0.05, 0.1) is 0 Å². The SMILES string of the molecule is C=C1CCC2C(OC(=O)C2(O)CC(C)C)C2C(=C)CCC12. The zero-order valence-corrected chi connectivity index (χ0v) is 13.1. The number of hydrogen-bond donors (Lipinski definition) is 1. The Balaban J connectivity index is 1.97. The van der Waals surface area contributed by atoms with Gasteiger partial charge in [0.1, 0.15) is 6.10 Å². The van der Waals surface area contributed by atoms with E-state index in [9.17, 15) is 9.90 Å². The minimum absolute atomic E-state index is 0.117. The molecule has 1 aliphatic heterocycles. The van der Waals surface area contributed by atoms with Crippen molar-refractivity contribution >= 4 is 5.97 Å². The largest absolute Gasteiger partial charge is 0.459 e. The first-order chi connectivity index (χ1) is 9.84. The number of hydrogen-bond acceptors (Lipinski definition) is 3. The van der Waals surface area contributed by atoms with Crippen molar-refractivity contribution < 1.29 is 14.6 Å². The molecule has 3 fully saturated rings. The number of aliphatic hydroxyl groups is 1. The number of fused-ring (bicyclic) bond motifs is 3. The molecule has 2 aliphatic carbocycles. The van der Waals surface area contributed by atoms with Crippen molar-refractivity contribution in [1.82, 2.24) is 0 Å². The Morgan fingerprint density at radius 3 is 2.62 bits per heavy atom. The van der Waals surface area contributed by atoms with Crippen LogP contribution >= 0.6 is 0 Å². The number of esters is 1. The maximum absolute atomic E-state index is 12.4. The van der Waals surface area contributed by atoms with Gasteiger partial charge < -0.3 is 9.84 Å². The summed E-state index contributed by atoms with van der Waals surface area (Å²) in [6.45, 7) is 12.5. The number of ether oxygens (including phenoxy) is 1. The maximum atomic E-state index is 12.4. The Bertz CT molecular complexity index is 493. The third kappa shape index (κ3) is 2.17. The van der Waals surface area contributed by atoms with E-state index in [1.807, 2.05) is 13.8 Å². The lowest BCUT2D eigenvalue weighted by molar-refractivity contribution is -0.157. The van der Waals surface area contributed by atoms with Crippen LogP contribution in [0.25, 0.3) is 0 Å².